The number of carbonyl (C=O) groups is 1. The molecule has 8 heteroatoms. The largest absolute Gasteiger partial charge is 0.478 e. The maximum Gasteiger partial charge on any atom is 0.335 e. The zero-order valence-electron chi connectivity index (χ0n) is 7.82. The van der Waals surface area contributed by atoms with Gasteiger partial charge in [-0.1, -0.05) is 0 Å². The van der Waals surface area contributed by atoms with E-state index in [1.807, 2.05) is 0 Å². The van der Waals surface area contributed by atoms with Crippen molar-refractivity contribution in [1.29, 1.82) is 0 Å². The number of carboxylic acid groups (broad SMARTS) is 1. The van der Waals surface area contributed by atoms with Gasteiger partial charge in [0.15, 0.2) is 0 Å². The van der Waals surface area contributed by atoms with Crippen LogP contribution in [0.3, 0.4) is 0 Å². The molecule has 0 saturated heterocycles. The molecule has 0 aliphatic heterocycles. The van der Waals surface area contributed by atoms with Gasteiger partial charge < -0.3 is 5.11 Å². The molecule has 1 rings (SSSR count). The van der Waals surface area contributed by atoms with E-state index in [0.29, 0.717) is 0 Å². The van der Waals surface area contributed by atoms with Crippen molar-refractivity contribution in [3.63, 3.8) is 0 Å². The van der Waals surface area contributed by atoms with Gasteiger partial charge in [-0.15, -0.1) is 0 Å². The molecule has 1 aromatic carbocycles. The van der Waals surface area contributed by atoms with Crippen LogP contribution in [0.15, 0.2) is 23.1 Å². The summed E-state index contributed by atoms with van der Waals surface area (Å²) in [5, 5.41) is 16.9. The Kier molecular flexibility index (Phi) is 3.60. The average Bonchev–Trinajstić information content (AvgIpc) is 2.16. The highest BCUT2D eigenvalue weighted by Gasteiger charge is 2.15. The van der Waals surface area contributed by atoms with Crippen molar-refractivity contribution in [1.82, 2.24) is 0 Å². The van der Waals surface area contributed by atoms with E-state index in [0.717, 1.165) is 18.2 Å². The molecule has 0 aliphatic carbocycles. The second-order valence-electron chi connectivity index (χ2n) is 2.92. The molecule has 0 aliphatic rings. The van der Waals surface area contributed by atoms with E-state index >= 15 is 0 Å². The van der Waals surface area contributed by atoms with Gasteiger partial charge in [-0.3, -0.25) is 9.81 Å². The van der Waals surface area contributed by atoms with E-state index in [2.05, 4.69) is 4.89 Å². The van der Waals surface area contributed by atoms with E-state index < -0.39 is 21.0 Å². The lowest BCUT2D eigenvalue weighted by atomic mass is 10.1. The Morgan fingerprint density at radius 2 is 1.94 bits per heavy atom. The molecule has 0 fully saturated rings. The molecule has 1 aromatic rings. The minimum absolute atomic E-state index is 0.107. The minimum Gasteiger partial charge on any atom is -0.478 e. The molecule has 3 N–H and O–H groups in total. The second kappa shape index (κ2) is 4.58. The molecule has 16 heavy (non-hydrogen) atoms. The topological polar surface area (TPSA) is 121 Å². The first-order valence-electron chi connectivity index (χ1n) is 3.95. The summed E-state index contributed by atoms with van der Waals surface area (Å²) in [6, 6.07) is 2.92. The smallest absolute Gasteiger partial charge is 0.335 e. The summed E-state index contributed by atoms with van der Waals surface area (Å²) < 4.78 is 30.4. The maximum absolute atomic E-state index is 10.8. The lowest BCUT2D eigenvalue weighted by Gasteiger charge is -2.04. The van der Waals surface area contributed by atoms with Crippen molar-refractivity contribution in [3.8, 4) is 0 Å². The van der Waals surface area contributed by atoms with Crippen molar-refractivity contribution in [2.24, 2.45) is 0 Å². The zero-order chi connectivity index (χ0) is 12.3. The third kappa shape index (κ3) is 3.00. The SMILES string of the molecule is O=C(O)c1cc(COO)cc(S(=O)(=O)O)c1. The Balaban J connectivity index is 3.35. The quantitative estimate of drug-likeness (QED) is 0.405. The van der Waals surface area contributed by atoms with Crippen molar-refractivity contribution in [2.45, 2.75) is 11.5 Å². The summed E-state index contributed by atoms with van der Waals surface area (Å²) in [4.78, 5) is 13.8. The molecule has 0 spiro atoms. The maximum atomic E-state index is 10.8. The van der Waals surface area contributed by atoms with Gasteiger partial charge in [-0.25, -0.2) is 9.68 Å². The molecule has 0 heterocycles. The highest BCUT2D eigenvalue weighted by atomic mass is 32.2. The third-order valence-corrected chi connectivity index (χ3v) is 2.57. The molecule has 0 unspecified atom stereocenters. The molecular formula is C8H8O7S. The number of rotatable bonds is 4. The Morgan fingerprint density at radius 1 is 1.31 bits per heavy atom. The number of hydrogen-bond acceptors (Lipinski definition) is 5. The number of benzene rings is 1. The molecule has 0 radical (unpaired) electrons. The van der Waals surface area contributed by atoms with Gasteiger partial charge in [-0.05, 0) is 23.8 Å². The summed E-state index contributed by atoms with van der Waals surface area (Å²) in [6.45, 7) is -0.385. The molecule has 0 aromatic heterocycles. The normalized spacial score (nSPS) is 11.4. The van der Waals surface area contributed by atoms with E-state index in [4.69, 9.17) is 14.9 Å². The molecule has 0 amide bonds. The number of carboxylic acids is 1. The fourth-order valence-electron chi connectivity index (χ4n) is 1.09. The van der Waals surface area contributed by atoms with Crippen LogP contribution in [0.25, 0.3) is 0 Å². The summed E-state index contributed by atoms with van der Waals surface area (Å²) in [6.07, 6.45) is 0. The Hall–Kier alpha value is -1.48. The van der Waals surface area contributed by atoms with Crippen LogP contribution in [0.2, 0.25) is 0 Å². The van der Waals surface area contributed by atoms with Crippen molar-refractivity contribution in [3.05, 3.63) is 29.3 Å². The summed E-state index contributed by atoms with van der Waals surface area (Å²) in [5.41, 5.74) is -0.225. The first-order chi connectivity index (χ1) is 7.34. The first kappa shape index (κ1) is 12.6. The molecular weight excluding hydrogens is 240 g/mol. The Bertz CT molecular complexity index is 505. The Morgan fingerprint density at radius 3 is 2.38 bits per heavy atom. The van der Waals surface area contributed by atoms with Gasteiger partial charge in [0.1, 0.15) is 6.61 Å². The van der Waals surface area contributed by atoms with Crippen LogP contribution in [0.5, 0.6) is 0 Å². The Labute approximate surface area is 90.6 Å². The van der Waals surface area contributed by atoms with Gasteiger partial charge in [0, 0.05) is 0 Å². The highest BCUT2D eigenvalue weighted by molar-refractivity contribution is 7.85. The van der Waals surface area contributed by atoms with E-state index in [1.54, 1.807) is 0 Å². The third-order valence-electron chi connectivity index (χ3n) is 1.74. The van der Waals surface area contributed by atoms with Crippen LogP contribution in [-0.2, 0) is 21.6 Å². The standard InChI is InChI=1S/C8H8O7S/c9-8(10)6-1-5(4-15-11)2-7(3-6)16(12,13)14/h1-3,11H,4H2,(H,9,10)(H,12,13,14). The van der Waals surface area contributed by atoms with Gasteiger partial charge in [0.25, 0.3) is 10.1 Å². The van der Waals surface area contributed by atoms with Crippen molar-refractivity contribution >= 4 is 16.1 Å². The van der Waals surface area contributed by atoms with Crippen LogP contribution in [-0.4, -0.2) is 29.3 Å². The van der Waals surface area contributed by atoms with Crippen molar-refractivity contribution in [2.75, 3.05) is 0 Å². The predicted molar refractivity (Wildman–Crippen MR) is 50.6 cm³/mol. The number of hydrogen-bond donors (Lipinski definition) is 3. The summed E-state index contributed by atoms with van der Waals surface area (Å²) >= 11 is 0. The van der Waals surface area contributed by atoms with Gasteiger partial charge in [0.05, 0.1) is 10.5 Å². The highest BCUT2D eigenvalue weighted by Crippen LogP contribution is 2.16. The van der Waals surface area contributed by atoms with E-state index in [1.165, 1.54) is 0 Å². The van der Waals surface area contributed by atoms with Crippen LogP contribution >= 0.6 is 0 Å². The molecule has 88 valence electrons. The second-order valence-corrected chi connectivity index (χ2v) is 4.34. The molecule has 0 atom stereocenters. The minimum atomic E-state index is -4.50. The average molecular weight is 248 g/mol. The van der Waals surface area contributed by atoms with Crippen LogP contribution in [0.4, 0.5) is 0 Å². The van der Waals surface area contributed by atoms with Gasteiger partial charge >= 0.3 is 5.97 Å². The molecule has 7 nitrogen and oxygen atoms in total. The molecule has 0 bridgehead atoms. The monoisotopic (exact) mass is 248 g/mol. The number of aromatic carboxylic acids is 1. The van der Waals surface area contributed by atoms with Crippen LogP contribution in [0, 0.1) is 0 Å². The summed E-state index contributed by atoms with van der Waals surface area (Å²) in [5.74, 6) is -1.36. The van der Waals surface area contributed by atoms with Crippen LogP contribution < -0.4 is 0 Å². The molecule has 0 saturated carbocycles. The van der Waals surface area contributed by atoms with Crippen molar-refractivity contribution < 1.29 is 33.0 Å². The van der Waals surface area contributed by atoms with E-state index in [-0.39, 0.29) is 17.7 Å². The fourth-order valence-corrected chi connectivity index (χ4v) is 1.67. The first-order valence-corrected chi connectivity index (χ1v) is 5.39. The summed E-state index contributed by atoms with van der Waals surface area (Å²) in [7, 11) is -4.50. The van der Waals surface area contributed by atoms with E-state index in [9.17, 15) is 13.2 Å². The van der Waals surface area contributed by atoms with Gasteiger partial charge in [-0.2, -0.15) is 8.42 Å². The fraction of sp³-hybridized carbons (Fsp3) is 0.125. The van der Waals surface area contributed by atoms with Crippen LogP contribution in [0.1, 0.15) is 15.9 Å². The lowest BCUT2D eigenvalue weighted by molar-refractivity contribution is -0.253. The predicted octanol–water partition coefficient (Wildman–Crippen LogP) is 0.621. The lowest BCUT2D eigenvalue weighted by Crippen LogP contribution is -2.05. The zero-order valence-corrected chi connectivity index (χ0v) is 8.64. The van der Waals surface area contributed by atoms with Gasteiger partial charge in [0.2, 0.25) is 0 Å².